The predicted molar refractivity (Wildman–Crippen MR) is 94.5 cm³/mol. The van der Waals surface area contributed by atoms with E-state index in [1.54, 1.807) is 11.0 Å². The molecule has 1 amide bonds. The Balaban J connectivity index is 0.00000208. The van der Waals surface area contributed by atoms with Gasteiger partial charge in [-0.25, -0.2) is 8.42 Å². The topological polar surface area (TPSA) is 79.0 Å². The smallest absolute Gasteiger partial charge is 0.252 e. The number of hydrogen-bond donors (Lipinski definition) is 1. The number of nitrogens with one attached hydrogen (secondary N) is 1. The van der Waals surface area contributed by atoms with Gasteiger partial charge in [-0.1, -0.05) is 11.6 Å². The van der Waals surface area contributed by atoms with Crippen LogP contribution in [0.3, 0.4) is 0 Å². The summed E-state index contributed by atoms with van der Waals surface area (Å²) >= 11 is 6.87. The van der Waals surface area contributed by atoms with E-state index in [0.717, 1.165) is 11.3 Å². The molecule has 1 aromatic heterocycles. The molecule has 2 saturated heterocycles. The summed E-state index contributed by atoms with van der Waals surface area (Å²) in [5, 5.41) is 3.13. The summed E-state index contributed by atoms with van der Waals surface area (Å²) in [6.45, 7) is 2.98. The maximum atomic E-state index is 12.5. The van der Waals surface area contributed by atoms with Gasteiger partial charge in [-0.15, -0.1) is 23.7 Å². The molecule has 3 heterocycles. The second-order valence-corrected chi connectivity index (χ2v) is 9.25. The van der Waals surface area contributed by atoms with Gasteiger partial charge in [0.2, 0.25) is 5.91 Å². The zero-order chi connectivity index (χ0) is 16.4. The van der Waals surface area contributed by atoms with Gasteiger partial charge in [0.15, 0.2) is 0 Å². The Morgan fingerprint density at radius 2 is 2.00 bits per heavy atom. The average Bonchev–Trinajstić information content (AvgIpc) is 3.02. The Bertz CT molecular complexity index is 669. The maximum absolute atomic E-state index is 12.5. The van der Waals surface area contributed by atoms with Crippen LogP contribution in [0.15, 0.2) is 16.3 Å². The van der Waals surface area contributed by atoms with Gasteiger partial charge in [0.05, 0.1) is 17.6 Å². The Morgan fingerprint density at radius 3 is 2.54 bits per heavy atom. The van der Waals surface area contributed by atoms with E-state index in [1.807, 2.05) is 0 Å². The predicted octanol–water partition coefficient (Wildman–Crippen LogP) is 0.645. The van der Waals surface area contributed by atoms with E-state index in [2.05, 4.69) is 5.32 Å². The van der Waals surface area contributed by atoms with Crippen LogP contribution in [-0.4, -0.2) is 75.5 Å². The number of amides is 1. The molecule has 0 saturated carbocycles. The van der Waals surface area contributed by atoms with Crippen molar-refractivity contribution >= 4 is 51.3 Å². The normalized spacial score (nSPS) is 22.9. The highest BCUT2D eigenvalue weighted by Gasteiger charge is 2.33. The van der Waals surface area contributed by atoms with Crippen LogP contribution in [-0.2, 0) is 19.6 Å². The van der Waals surface area contributed by atoms with Gasteiger partial charge < -0.3 is 15.0 Å². The summed E-state index contributed by atoms with van der Waals surface area (Å²) in [6, 6.07) is 2.76. The molecule has 11 heteroatoms. The summed E-state index contributed by atoms with van der Waals surface area (Å²) in [6.07, 6.45) is 0. The van der Waals surface area contributed by atoms with Crippen LogP contribution in [0.4, 0.5) is 0 Å². The molecule has 7 nitrogen and oxygen atoms in total. The third kappa shape index (κ3) is 4.21. The van der Waals surface area contributed by atoms with Gasteiger partial charge in [-0.3, -0.25) is 4.79 Å². The van der Waals surface area contributed by atoms with Crippen LogP contribution in [0.5, 0.6) is 0 Å². The number of morpholine rings is 1. The van der Waals surface area contributed by atoms with E-state index in [0.29, 0.717) is 37.2 Å². The highest BCUT2D eigenvalue weighted by atomic mass is 35.5. The van der Waals surface area contributed by atoms with Crippen LogP contribution < -0.4 is 5.32 Å². The molecule has 1 unspecified atom stereocenters. The summed E-state index contributed by atoms with van der Waals surface area (Å²) in [5.41, 5.74) is 0. The molecule has 0 aromatic carbocycles. The second kappa shape index (κ2) is 8.31. The van der Waals surface area contributed by atoms with Gasteiger partial charge in [0.25, 0.3) is 10.0 Å². The van der Waals surface area contributed by atoms with Gasteiger partial charge >= 0.3 is 0 Å². The van der Waals surface area contributed by atoms with Crippen molar-refractivity contribution in [2.24, 2.45) is 0 Å². The van der Waals surface area contributed by atoms with Crippen LogP contribution >= 0.6 is 35.3 Å². The van der Waals surface area contributed by atoms with Gasteiger partial charge in [0, 0.05) is 32.7 Å². The molecule has 1 atom stereocenters. The molecule has 0 spiro atoms. The number of sulfonamides is 1. The van der Waals surface area contributed by atoms with Gasteiger partial charge in [-0.2, -0.15) is 4.31 Å². The second-order valence-electron chi connectivity index (χ2n) is 5.37. The number of carbonyl (C=O) groups is 1. The molecule has 24 heavy (non-hydrogen) atoms. The van der Waals surface area contributed by atoms with Crippen LogP contribution in [0, 0.1) is 0 Å². The van der Waals surface area contributed by atoms with Crippen molar-refractivity contribution in [3.8, 4) is 0 Å². The van der Waals surface area contributed by atoms with Crippen molar-refractivity contribution in [3.63, 3.8) is 0 Å². The van der Waals surface area contributed by atoms with Gasteiger partial charge in [-0.05, 0) is 12.1 Å². The first-order valence-corrected chi connectivity index (χ1v) is 9.97. The van der Waals surface area contributed by atoms with E-state index < -0.39 is 10.0 Å². The first kappa shape index (κ1) is 19.9. The molecule has 136 valence electrons. The standard InChI is InChI=1S/C13H18ClN3O4S2.ClH/c14-11-1-2-12(22-11)23(19,20)17-6-4-16(5-7-17)13(18)10-9-21-8-3-15-10;/h1-2,10,15H,3-9H2;1H. The Kier molecular flexibility index (Phi) is 6.89. The van der Waals surface area contributed by atoms with Crippen molar-refractivity contribution in [1.82, 2.24) is 14.5 Å². The quantitative estimate of drug-likeness (QED) is 0.783. The third-order valence-corrected chi connectivity index (χ3v) is 7.51. The fourth-order valence-corrected chi connectivity index (χ4v) is 5.72. The van der Waals surface area contributed by atoms with Crippen molar-refractivity contribution < 1.29 is 17.9 Å². The summed E-state index contributed by atoms with van der Waals surface area (Å²) in [4.78, 5) is 14.1. The Labute approximate surface area is 156 Å². The number of hydrogen-bond acceptors (Lipinski definition) is 6. The van der Waals surface area contributed by atoms with E-state index in [9.17, 15) is 13.2 Å². The minimum Gasteiger partial charge on any atom is -0.378 e. The molecule has 3 rings (SSSR count). The lowest BCUT2D eigenvalue weighted by Gasteiger charge is -2.36. The fraction of sp³-hybridized carbons (Fsp3) is 0.615. The average molecular weight is 416 g/mol. The Morgan fingerprint density at radius 1 is 1.29 bits per heavy atom. The molecule has 2 aliphatic heterocycles. The van der Waals surface area contributed by atoms with E-state index >= 15 is 0 Å². The molecule has 1 N–H and O–H groups in total. The molecule has 2 aliphatic rings. The first-order valence-electron chi connectivity index (χ1n) is 7.34. The van der Waals surface area contributed by atoms with Crippen LogP contribution in [0.25, 0.3) is 0 Å². The zero-order valence-electron chi connectivity index (χ0n) is 12.8. The number of rotatable bonds is 3. The maximum Gasteiger partial charge on any atom is 0.252 e. The van der Waals surface area contributed by atoms with Crippen molar-refractivity contribution in [3.05, 3.63) is 16.5 Å². The molecule has 0 radical (unpaired) electrons. The highest BCUT2D eigenvalue weighted by molar-refractivity contribution is 7.91. The molecule has 0 aliphatic carbocycles. The molecule has 2 fully saturated rings. The SMILES string of the molecule is Cl.O=C(C1COCCN1)N1CCN(S(=O)(=O)c2ccc(Cl)s2)CC1. The lowest BCUT2D eigenvalue weighted by atomic mass is 10.2. The fourth-order valence-electron chi connectivity index (χ4n) is 2.66. The monoisotopic (exact) mass is 415 g/mol. The number of nitrogens with zero attached hydrogens (tertiary/aromatic N) is 2. The lowest BCUT2D eigenvalue weighted by molar-refractivity contribution is -0.137. The Hall–Kier alpha value is -0.420. The first-order chi connectivity index (χ1) is 11.0. The summed E-state index contributed by atoms with van der Waals surface area (Å²) < 4.78 is 32.4. The number of ether oxygens (including phenoxy) is 1. The molecular weight excluding hydrogens is 397 g/mol. The number of carbonyl (C=O) groups excluding carboxylic acids is 1. The van der Waals surface area contributed by atoms with Crippen LogP contribution in [0.2, 0.25) is 4.34 Å². The van der Waals surface area contributed by atoms with E-state index in [-0.39, 0.29) is 41.7 Å². The lowest BCUT2D eigenvalue weighted by Crippen LogP contribution is -2.57. The van der Waals surface area contributed by atoms with E-state index in [4.69, 9.17) is 16.3 Å². The van der Waals surface area contributed by atoms with Crippen molar-refractivity contribution in [2.45, 2.75) is 10.3 Å². The summed E-state index contributed by atoms with van der Waals surface area (Å²) in [5.74, 6) is -0.0269. The molecule has 0 bridgehead atoms. The molecule has 1 aromatic rings. The number of thiophene rings is 1. The molecular formula is C13H19Cl2N3O4S2. The van der Waals surface area contributed by atoms with E-state index in [1.165, 1.54) is 10.4 Å². The third-order valence-electron chi connectivity index (χ3n) is 3.91. The minimum absolute atomic E-state index is 0. The van der Waals surface area contributed by atoms with Crippen molar-refractivity contribution in [2.75, 3.05) is 45.9 Å². The largest absolute Gasteiger partial charge is 0.378 e. The minimum atomic E-state index is -3.53. The number of halogens is 2. The van der Waals surface area contributed by atoms with Gasteiger partial charge in [0.1, 0.15) is 10.3 Å². The zero-order valence-corrected chi connectivity index (χ0v) is 16.0. The van der Waals surface area contributed by atoms with Crippen LogP contribution in [0.1, 0.15) is 0 Å². The van der Waals surface area contributed by atoms with Crippen molar-refractivity contribution in [1.29, 1.82) is 0 Å². The number of piperazine rings is 1. The summed E-state index contributed by atoms with van der Waals surface area (Å²) in [7, 11) is -3.53. The highest BCUT2D eigenvalue weighted by Crippen LogP contribution is 2.28.